The highest BCUT2D eigenvalue weighted by Crippen LogP contribution is 2.12. The van der Waals surface area contributed by atoms with Crippen LogP contribution in [-0.2, 0) is 13.1 Å². The number of nitrogens with zero attached hydrogens (tertiary/aromatic N) is 2. The number of carbonyl (C=O) groups is 1. The lowest BCUT2D eigenvalue weighted by Crippen LogP contribution is -2.28. The summed E-state index contributed by atoms with van der Waals surface area (Å²) in [5, 5.41) is 9.96. The van der Waals surface area contributed by atoms with Crippen LogP contribution in [0.4, 0.5) is 10.5 Å². The summed E-state index contributed by atoms with van der Waals surface area (Å²) in [4.78, 5) is 12.1. The van der Waals surface area contributed by atoms with E-state index >= 15 is 0 Å². The van der Waals surface area contributed by atoms with Crippen molar-refractivity contribution in [2.24, 2.45) is 0 Å². The molecule has 24 heavy (non-hydrogen) atoms. The number of halogens is 1. The van der Waals surface area contributed by atoms with Crippen LogP contribution in [0.25, 0.3) is 0 Å². The highest BCUT2D eigenvalue weighted by Gasteiger charge is 2.06. The summed E-state index contributed by atoms with van der Waals surface area (Å²) in [5.41, 5.74) is 2.99. The van der Waals surface area contributed by atoms with E-state index in [1.807, 2.05) is 59.4 Å². The fourth-order valence-corrected chi connectivity index (χ4v) is 2.70. The smallest absolute Gasteiger partial charge is 0.319 e. The molecule has 2 aromatic carbocycles. The molecule has 1 aromatic heterocycles. The summed E-state index contributed by atoms with van der Waals surface area (Å²) in [6.45, 7) is 1.15. The van der Waals surface area contributed by atoms with Crippen molar-refractivity contribution in [3.63, 3.8) is 0 Å². The molecule has 2 N–H and O–H groups in total. The van der Waals surface area contributed by atoms with Crippen LogP contribution in [0.5, 0.6) is 0 Å². The first-order chi connectivity index (χ1) is 11.7. The molecule has 0 aliphatic carbocycles. The maximum atomic E-state index is 12.1. The van der Waals surface area contributed by atoms with Crippen molar-refractivity contribution in [3.05, 3.63) is 81.7 Å². The summed E-state index contributed by atoms with van der Waals surface area (Å²) in [6, 6.07) is 17.4. The van der Waals surface area contributed by atoms with Gasteiger partial charge in [-0.2, -0.15) is 5.10 Å². The average Bonchev–Trinajstić information content (AvgIpc) is 3.09. The van der Waals surface area contributed by atoms with E-state index < -0.39 is 0 Å². The zero-order valence-electron chi connectivity index (χ0n) is 12.9. The van der Waals surface area contributed by atoms with Gasteiger partial charge in [0.05, 0.1) is 6.54 Å². The standard InChI is InChI=1S/C18H17IN4O/c19-16-6-8-17(9-7-16)22-18(24)20-12-14-4-1-2-5-15(14)13-23-11-3-10-21-23/h1-11H,12-13H2,(H2,20,22,24). The second-order valence-electron chi connectivity index (χ2n) is 5.29. The molecule has 5 nitrogen and oxygen atoms in total. The van der Waals surface area contributed by atoms with Crippen molar-refractivity contribution in [1.29, 1.82) is 0 Å². The summed E-state index contributed by atoms with van der Waals surface area (Å²) in [6.07, 6.45) is 3.68. The minimum absolute atomic E-state index is 0.217. The van der Waals surface area contributed by atoms with Gasteiger partial charge in [0, 0.05) is 28.2 Å². The molecule has 122 valence electrons. The zero-order chi connectivity index (χ0) is 16.8. The van der Waals surface area contributed by atoms with E-state index in [0.29, 0.717) is 13.1 Å². The fraction of sp³-hybridized carbons (Fsp3) is 0.111. The fourth-order valence-electron chi connectivity index (χ4n) is 2.34. The lowest BCUT2D eigenvalue weighted by atomic mass is 10.1. The van der Waals surface area contributed by atoms with Crippen LogP contribution in [0.2, 0.25) is 0 Å². The van der Waals surface area contributed by atoms with Gasteiger partial charge in [0.2, 0.25) is 0 Å². The number of anilines is 1. The van der Waals surface area contributed by atoms with Crippen molar-refractivity contribution in [2.45, 2.75) is 13.1 Å². The van der Waals surface area contributed by atoms with Crippen molar-refractivity contribution in [1.82, 2.24) is 15.1 Å². The maximum Gasteiger partial charge on any atom is 0.319 e. The number of benzene rings is 2. The predicted octanol–water partition coefficient (Wildman–Crippen LogP) is 3.86. The third-order valence-electron chi connectivity index (χ3n) is 3.55. The van der Waals surface area contributed by atoms with E-state index in [0.717, 1.165) is 20.4 Å². The van der Waals surface area contributed by atoms with E-state index in [9.17, 15) is 4.79 Å². The number of carbonyl (C=O) groups excluding carboxylic acids is 1. The maximum absolute atomic E-state index is 12.1. The van der Waals surface area contributed by atoms with E-state index in [4.69, 9.17) is 0 Å². The van der Waals surface area contributed by atoms with Crippen LogP contribution < -0.4 is 10.6 Å². The number of urea groups is 1. The summed E-state index contributed by atoms with van der Waals surface area (Å²) in [7, 11) is 0. The molecule has 0 saturated heterocycles. The molecule has 6 heteroatoms. The largest absolute Gasteiger partial charge is 0.334 e. The Morgan fingerprint density at radius 1 is 1.04 bits per heavy atom. The van der Waals surface area contributed by atoms with Crippen molar-refractivity contribution < 1.29 is 4.79 Å². The molecule has 0 saturated carbocycles. The Labute approximate surface area is 154 Å². The number of rotatable bonds is 5. The molecule has 0 bridgehead atoms. The first kappa shape index (κ1) is 16.5. The van der Waals surface area contributed by atoms with Crippen molar-refractivity contribution in [2.75, 3.05) is 5.32 Å². The second kappa shape index (κ2) is 7.96. The molecule has 2 amide bonds. The monoisotopic (exact) mass is 432 g/mol. The van der Waals surface area contributed by atoms with E-state index in [1.165, 1.54) is 0 Å². The third kappa shape index (κ3) is 4.58. The van der Waals surface area contributed by atoms with Gasteiger partial charge in [-0.15, -0.1) is 0 Å². The Kier molecular flexibility index (Phi) is 5.47. The lowest BCUT2D eigenvalue weighted by molar-refractivity contribution is 0.251. The quantitative estimate of drug-likeness (QED) is 0.602. The molecule has 0 radical (unpaired) electrons. The topological polar surface area (TPSA) is 59.0 Å². The van der Waals surface area contributed by atoms with Gasteiger partial charge < -0.3 is 10.6 Å². The van der Waals surface area contributed by atoms with Gasteiger partial charge in [-0.3, -0.25) is 4.68 Å². The molecular weight excluding hydrogens is 415 g/mol. The van der Waals surface area contributed by atoms with Gasteiger partial charge in [0.25, 0.3) is 0 Å². The predicted molar refractivity (Wildman–Crippen MR) is 103 cm³/mol. The third-order valence-corrected chi connectivity index (χ3v) is 4.27. The number of nitrogens with one attached hydrogen (secondary N) is 2. The van der Waals surface area contributed by atoms with Crippen molar-refractivity contribution >= 4 is 34.3 Å². The average molecular weight is 432 g/mol. The van der Waals surface area contributed by atoms with Gasteiger partial charge in [-0.1, -0.05) is 24.3 Å². The van der Waals surface area contributed by atoms with E-state index in [2.05, 4.69) is 44.4 Å². The molecule has 0 aliphatic heterocycles. The Hall–Kier alpha value is -2.35. The molecule has 0 unspecified atom stereocenters. The molecule has 3 rings (SSSR count). The molecule has 0 spiro atoms. The zero-order valence-corrected chi connectivity index (χ0v) is 15.1. The van der Waals surface area contributed by atoms with Crippen LogP contribution in [0.1, 0.15) is 11.1 Å². The number of aromatic nitrogens is 2. The van der Waals surface area contributed by atoms with Crippen LogP contribution >= 0.6 is 22.6 Å². The Morgan fingerprint density at radius 2 is 1.79 bits per heavy atom. The normalized spacial score (nSPS) is 10.4. The van der Waals surface area contributed by atoms with Gasteiger partial charge in [0.15, 0.2) is 0 Å². The van der Waals surface area contributed by atoms with Crippen LogP contribution in [0, 0.1) is 3.57 Å². The van der Waals surface area contributed by atoms with Gasteiger partial charge in [0.1, 0.15) is 0 Å². The van der Waals surface area contributed by atoms with Gasteiger partial charge in [-0.05, 0) is 64.0 Å². The minimum Gasteiger partial charge on any atom is -0.334 e. The number of hydrogen-bond donors (Lipinski definition) is 2. The van der Waals surface area contributed by atoms with E-state index in [1.54, 1.807) is 6.20 Å². The highest BCUT2D eigenvalue weighted by atomic mass is 127. The lowest BCUT2D eigenvalue weighted by Gasteiger charge is -2.12. The van der Waals surface area contributed by atoms with Crippen molar-refractivity contribution in [3.8, 4) is 0 Å². The Bertz CT molecular complexity index is 800. The summed E-state index contributed by atoms with van der Waals surface area (Å²) in [5.74, 6) is 0. The second-order valence-corrected chi connectivity index (χ2v) is 6.53. The van der Waals surface area contributed by atoms with Crippen LogP contribution in [-0.4, -0.2) is 15.8 Å². The minimum atomic E-state index is -0.217. The highest BCUT2D eigenvalue weighted by molar-refractivity contribution is 14.1. The SMILES string of the molecule is O=C(NCc1ccccc1Cn1cccn1)Nc1ccc(I)cc1. The van der Waals surface area contributed by atoms with E-state index in [-0.39, 0.29) is 6.03 Å². The Morgan fingerprint density at radius 3 is 2.50 bits per heavy atom. The van der Waals surface area contributed by atoms with Gasteiger partial charge >= 0.3 is 6.03 Å². The first-order valence-corrected chi connectivity index (χ1v) is 8.63. The summed E-state index contributed by atoms with van der Waals surface area (Å²) >= 11 is 2.23. The molecule has 0 atom stereocenters. The number of hydrogen-bond acceptors (Lipinski definition) is 2. The molecule has 3 aromatic rings. The molecular formula is C18H17IN4O. The van der Waals surface area contributed by atoms with Crippen LogP contribution in [0.3, 0.4) is 0 Å². The first-order valence-electron chi connectivity index (χ1n) is 7.55. The molecule has 0 fully saturated rings. The van der Waals surface area contributed by atoms with Crippen LogP contribution in [0.15, 0.2) is 67.0 Å². The number of amides is 2. The molecule has 0 aliphatic rings. The Balaban J connectivity index is 1.60. The summed E-state index contributed by atoms with van der Waals surface area (Å²) < 4.78 is 3.00. The van der Waals surface area contributed by atoms with Gasteiger partial charge in [-0.25, -0.2) is 4.79 Å². The molecule has 1 heterocycles.